The Hall–Kier alpha value is -10.6. The van der Waals surface area contributed by atoms with Crippen molar-refractivity contribution in [1.29, 1.82) is 0 Å². The van der Waals surface area contributed by atoms with Crippen LogP contribution in [0.5, 0.6) is 0 Å². The van der Waals surface area contributed by atoms with Crippen LogP contribution in [0.3, 0.4) is 0 Å². The average molecular weight is 1300 g/mol. The van der Waals surface area contributed by atoms with Gasteiger partial charge in [0.05, 0.1) is 45.4 Å². The van der Waals surface area contributed by atoms with Crippen LogP contribution >= 0.6 is 0 Å². The molecule has 2 aliphatic carbocycles. The highest BCUT2D eigenvalue weighted by molar-refractivity contribution is 7.86. The van der Waals surface area contributed by atoms with Crippen LogP contribution in [0.4, 0.5) is 45.6 Å². The summed E-state index contributed by atoms with van der Waals surface area (Å²) in [4.78, 5) is 42.5. The van der Waals surface area contributed by atoms with Crippen molar-refractivity contribution in [3.63, 3.8) is 0 Å². The molecule has 2 aromatic carbocycles. The number of nitro benzene ring substituents is 1. The first-order chi connectivity index (χ1) is 42.7. The minimum atomic E-state index is -3.72. The van der Waals surface area contributed by atoms with Crippen LogP contribution in [0.2, 0.25) is 0 Å². The second-order valence-electron chi connectivity index (χ2n) is 19.7. The van der Waals surface area contributed by atoms with Crippen LogP contribution in [0.25, 0.3) is 0 Å². The Morgan fingerprint density at radius 3 is 1.65 bits per heavy atom. The van der Waals surface area contributed by atoms with Crippen molar-refractivity contribution >= 4 is 88.9 Å². The summed E-state index contributed by atoms with van der Waals surface area (Å²) in [5.74, 6) is 0.407. The Bertz CT molecular complexity index is 4150. The first-order valence-electron chi connectivity index (χ1n) is 26.4. The van der Waals surface area contributed by atoms with Gasteiger partial charge in [0.25, 0.3) is 20.2 Å². The lowest BCUT2D eigenvalue weighted by atomic mass is 9.99. The number of nitrogens with two attached hydrogens (primary N) is 1. The molecule has 8 rings (SSSR count). The van der Waals surface area contributed by atoms with E-state index in [1.54, 1.807) is 119 Å². The monoisotopic (exact) mass is 1290 g/mol. The predicted molar refractivity (Wildman–Crippen MR) is 333 cm³/mol. The Balaban J connectivity index is 0.000000299. The molecular formula is C58H70N16O15S2. The van der Waals surface area contributed by atoms with Crippen LogP contribution < -0.4 is 51.2 Å². The smallest absolute Gasteiger partial charge is 0.388 e. The SMILES string of the molecule is CC1=CC(=NN=c2cc(C)ccn2O)C(C)=CC1=O.CC1=CC(=NN=c2cccc(C)n2O)C(C)=CC1=O.CN(C)c1ccc(N=Nc2ccc[n+](C)c2)c(N)c1.CO[n+]1ccccc1N=Nc1ccc(N(C)C)cc1[N+](=O)[O-].CS(=O)(=O)O[O-].CS(=O)(=O)O[O-]. The lowest BCUT2D eigenvalue weighted by molar-refractivity contribution is -0.875. The first-order valence-corrected chi connectivity index (χ1v) is 30.0. The van der Waals surface area contributed by atoms with Gasteiger partial charge in [-0.2, -0.15) is 9.46 Å². The molecule has 484 valence electrons. The molecule has 0 spiro atoms. The van der Waals surface area contributed by atoms with E-state index in [0.29, 0.717) is 68.9 Å². The molecule has 0 saturated carbocycles. The molecule has 0 fully saturated rings. The quantitative estimate of drug-likeness (QED) is 0.0212. The molecule has 0 saturated heterocycles. The van der Waals surface area contributed by atoms with Gasteiger partial charge in [-0.1, -0.05) is 6.07 Å². The fourth-order valence-corrected chi connectivity index (χ4v) is 6.73. The van der Waals surface area contributed by atoms with E-state index in [2.05, 4.69) is 49.5 Å². The first kappa shape index (κ1) is 74.7. The van der Waals surface area contributed by atoms with Gasteiger partial charge < -0.3 is 50.0 Å². The van der Waals surface area contributed by atoms with Gasteiger partial charge in [0.1, 0.15) is 31.7 Å². The fourth-order valence-electron chi connectivity index (χ4n) is 6.73. The number of nitro groups is 1. The number of aryl methyl sites for hydroxylation is 3. The average Bonchev–Trinajstić information content (AvgIpc) is 1.49. The predicted octanol–water partition coefficient (Wildman–Crippen LogP) is 5.00. The van der Waals surface area contributed by atoms with Gasteiger partial charge >= 0.3 is 11.5 Å². The number of nitrogens with zero attached hydrogens (tertiary/aromatic N) is 15. The van der Waals surface area contributed by atoms with Crippen LogP contribution in [-0.2, 0) is 45.5 Å². The van der Waals surface area contributed by atoms with Gasteiger partial charge in [0.2, 0.25) is 0 Å². The highest BCUT2D eigenvalue weighted by atomic mass is 32.2. The van der Waals surface area contributed by atoms with E-state index in [1.807, 2.05) is 94.4 Å². The second-order valence-corrected chi connectivity index (χ2v) is 22.7. The highest BCUT2D eigenvalue weighted by Gasteiger charge is 2.19. The van der Waals surface area contributed by atoms with E-state index in [4.69, 9.17) is 21.1 Å². The normalized spacial score (nSPS) is 14.2. The molecule has 31 nitrogen and oxygen atoms in total. The highest BCUT2D eigenvalue weighted by Crippen LogP contribution is 2.32. The van der Waals surface area contributed by atoms with Gasteiger partial charge in [-0.05, 0) is 176 Å². The molecule has 2 aliphatic rings. The number of benzene rings is 2. The van der Waals surface area contributed by atoms with Crippen LogP contribution in [-0.4, -0.2) is 112 Å². The lowest BCUT2D eigenvalue weighted by Gasteiger charge is -2.13. The summed E-state index contributed by atoms with van der Waals surface area (Å²) >= 11 is 0. The molecule has 0 amide bonds. The van der Waals surface area contributed by atoms with Gasteiger partial charge in [0.15, 0.2) is 40.6 Å². The third kappa shape index (κ3) is 26.0. The van der Waals surface area contributed by atoms with E-state index in [0.717, 1.165) is 43.2 Å². The van der Waals surface area contributed by atoms with E-state index in [9.17, 15) is 47.0 Å². The summed E-state index contributed by atoms with van der Waals surface area (Å²) in [6, 6.07) is 28.2. The minimum Gasteiger partial charge on any atom is -0.707 e. The van der Waals surface area contributed by atoms with Crippen LogP contribution in [0.1, 0.15) is 39.0 Å². The molecule has 0 bridgehead atoms. The summed E-state index contributed by atoms with van der Waals surface area (Å²) in [5.41, 5.74) is 16.2. The van der Waals surface area contributed by atoms with E-state index >= 15 is 0 Å². The van der Waals surface area contributed by atoms with Gasteiger partial charge in [-0.15, -0.1) is 30.6 Å². The number of hydrogen-bond acceptors (Lipinski definition) is 26. The number of allylic oxidation sites excluding steroid dienone is 8. The topological polar surface area (TPSA) is 409 Å². The summed E-state index contributed by atoms with van der Waals surface area (Å²) in [7, 11) is 3.57. The van der Waals surface area contributed by atoms with Crippen molar-refractivity contribution in [1.82, 2.24) is 9.46 Å². The second kappa shape index (κ2) is 35.4. The third-order valence-corrected chi connectivity index (χ3v) is 12.1. The maximum Gasteiger partial charge on any atom is 0.388 e. The Kier molecular flexibility index (Phi) is 29.1. The summed E-state index contributed by atoms with van der Waals surface area (Å²) in [6.07, 6.45) is 14.8. The largest absolute Gasteiger partial charge is 0.707 e. The molecule has 4 aromatic heterocycles. The maximum atomic E-state index is 11.4. The molecule has 91 heavy (non-hydrogen) atoms. The number of nitrogen functional groups attached to an aromatic ring is 1. The zero-order valence-corrected chi connectivity index (χ0v) is 53.8. The van der Waals surface area contributed by atoms with Crippen LogP contribution in [0, 0.1) is 24.0 Å². The number of ketones is 2. The molecule has 4 N–H and O–H groups in total. The molecular weight excluding hydrogens is 1220 g/mol. The van der Waals surface area contributed by atoms with Gasteiger partial charge in [-0.25, -0.2) is 21.4 Å². The molecule has 0 unspecified atom stereocenters. The maximum absolute atomic E-state index is 11.4. The number of hydrogen-bond donors (Lipinski definition) is 3. The molecule has 0 atom stereocenters. The van der Waals surface area contributed by atoms with Crippen molar-refractivity contribution in [3.8, 4) is 0 Å². The van der Waals surface area contributed by atoms with Crippen molar-refractivity contribution < 1.29 is 75.1 Å². The number of carbonyl (C=O) groups excluding carboxylic acids is 2. The molecule has 6 aromatic rings. The van der Waals surface area contributed by atoms with E-state index in [1.165, 1.54) is 36.3 Å². The lowest BCUT2D eigenvalue weighted by Crippen LogP contribution is -2.39. The van der Waals surface area contributed by atoms with Crippen LogP contribution in [0.15, 0.2) is 209 Å². The molecule has 33 heteroatoms. The number of anilines is 3. The Labute approximate surface area is 524 Å². The van der Waals surface area contributed by atoms with E-state index in [-0.39, 0.29) is 22.9 Å². The summed E-state index contributed by atoms with van der Waals surface area (Å²) in [6.45, 7) is 10.7. The van der Waals surface area contributed by atoms with Gasteiger partial charge in [-0.3, -0.25) is 19.7 Å². The van der Waals surface area contributed by atoms with Crippen molar-refractivity contribution in [2.24, 2.45) is 47.9 Å². The molecule has 0 aliphatic heterocycles. The minimum absolute atomic E-state index is 0.00997. The Morgan fingerprint density at radius 1 is 0.615 bits per heavy atom. The van der Waals surface area contributed by atoms with Crippen molar-refractivity contribution in [3.05, 3.63) is 201 Å². The zero-order chi connectivity index (χ0) is 68.3. The van der Waals surface area contributed by atoms with Crippen molar-refractivity contribution in [2.45, 2.75) is 41.5 Å². The number of pyridine rings is 4. The third-order valence-electron chi connectivity index (χ3n) is 11.6. The van der Waals surface area contributed by atoms with Crippen molar-refractivity contribution in [2.75, 3.05) is 63.3 Å². The number of azo groups is 2. The fraction of sp³-hybridized carbons (Fsp3) is 0.241. The summed E-state index contributed by atoms with van der Waals surface area (Å²) in [5, 5.41) is 80.8. The van der Waals surface area contributed by atoms with Gasteiger partial charge in [0, 0.05) is 64.0 Å². The van der Waals surface area contributed by atoms with E-state index < -0.39 is 25.2 Å². The number of rotatable bonds is 12. The standard InChI is InChI=1S/C14H16N5O3.C14H18N5.2C14H15N3O2.2CH4O4S/c1-17(2)11-7-8-12(13(10-11)19(20)21)15-16-14-6-4-5-9-18(14)22-3;1-18(2)12-6-7-14(13(15)9-12)17-16-11-5-4-8-19(3)10-11;1-9-4-5-17(19)14(6-9)16-15-12-7-11(3)13(18)8-10(12)2;1-9-8-13(18)10(2)7-12(9)15-16-14-6-4-5-11(3)17(14)19;2*1-6(3,4)5-2/h4-10H,1-3H3;4-10H,15H2,1-3H3;2*4-8,19H,1-3H3;2*2H,1H3/q2*+1;;;;/p-2. The molecule has 0 radical (unpaired) electrons. The zero-order valence-electron chi connectivity index (χ0n) is 52.2. The number of aromatic nitrogens is 4. The molecule has 4 heterocycles. The Morgan fingerprint density at radius 2 is 1.14 bits per heavy atom. The number of carbonyl (C=O) groups is 2. The summed E-state index contributed by atoms with van der Waals surface area (Å²) < 4.78 is 48.4.